The molecule has 2 heteroatoms. The molecule has 0 aromatic heterocycles. The van der Waals surface area contributed by atoms with Crippen LogP contribution in [0.2, 0.25) is 0 Å². The van der Waals surface area contributed by atoms with E-state index in [0.717, 1.165) is 29.7 Å². The standard InChI is InChI=1S/C21H28O2/c1-12(2)15-9-16-18(11-20(15)23-6)21(5)8-7-13(3)14(4)17(21)10-19(16)22/h9,11-13,17H,4,7-8,10H2,1-3,5-6H3/t13-,17+,21-/m0/s1. The Hall–Kier alpha value is -1.57. The number of allylic oxidation sites excluding steroid dienone is 1. The molecule has 0 spiro atoms. The van der Waals surface area contributed by atoms with Gasteiger partial charge < -0.3 is 4.74 Å². The van der Waals surface area contributed by atoms with Crippen molar-refractivity contribution in [3.05, 3.63) is 41.0 Å². The Morgan fingerprint density at radius 3 is 2.65 bits per heavy atom. The minimum Gasteiger partial charge on any atom is -0.496 e. The molecule has 124 valence electrons. The van der Waals surface area contributed by atoms with Crippen LogP contribution < -0.4 is 4.74 Å². The smallest absolute Gasteiger partial charge is 0.163 e. The molecule has 1 saturated carbocycles. The molecule has 0 amide bonds. The monoisotopic (exact) mass is 312 g/mol. The lowest BCUT2D eigenvalue weighted by Crippen LogP contribution is -2.44. The Balaban J connectivity index is 2.20. The van der Waals surface area contributed by atoms with Crippen LogP contribution in [0.25, 0.3) is 0 Å². The van der Waals surface area contributed by atoms with Gasteiger partial charge in [-0.25, -0.2) is 0 Å². The first-order valence-corrected chi connectivity index (χ1v) is 8.74. The lowest BCUT2D eigenvalue weighted by atomic mass is 9.54. The maximum Gasteiger partial charge on any atom is 0.163 e. The highest BCUT2D eigenvalue weighted by atomic mass is 16.5. The molecule has 2 aliphatic rings. The Labute approximate surface area is 139 Å². The van der Waals surface area contributed by atoms with Crippen molar-refractivity contribution in [2.45, 2.75) is 58.3 Å². The Morgan fingerprint density at radius 1 is 1.35 bits per heavy atom. The van der Waals surface area contributed by atoms with E-state index in [1.165, 1.54) is 11.1 Å². The molecule has 1 fully saturated rings. The van der Waals surface area contributed by atoms with E-state index >= 15 is 0 Å². The number of benzene rings is 1. The van der Waals surface area contributed by atoms with Crippen LogP contribution in [-0.4, -0.2) is 12.9 Å². The molecule has 0 saturated heterocycles. The van der Waals surface area contributed by atoms with Gasteiger partial charge in [-0.1, -0.05) is 39.8 Å². The molecule has 23 heavy (non-hydrogen) atoms. The molecule has 1 aromatic rings. The zero-order valence-electron chi connectivity index (χ0n) is 15.0. The molecule has 2 nitrogen and oxygen atoms in total. The number of carbonyl (C=O) groups excluding carboxylic acids is 1. The molecule has 0 radical (unpaired) electrons. The third-order valence-corrected chi connectivity index (χ3v) is 6.24. The summed E-state index contributed by atoms with van der Waals surface area (Å²) in [6, 6.07) is 4.22. The molecule has 0 heterocycles. The Kier molecular flexibility index (Phi) is 3.90. The van der Waals surface area contributed by atoms with Crippen molar-refractivity contribution in [3.8, 4) is 5.75 Å². The minimum absolute atomic E-state index is 0.00955. The fraction of sp³-hybridized carbons (Fsp3) is 0.571. The van der Waals surface area contributed by atoms with Crippen LogP contribution in [0.15, 0.2) is 24.3 Å². The first-order valence-electron chi connectivity index (χ1n) is 8.74. The quantitative estimate of drug-likeness (QED) is 0.696. The van der Waals surface area contributed by atoms with E-state index in [4.69, 9.17) is 4.74 Å². The number of fused-ring (bicyclic) bond motifs is 3. The van der Waals surface area contributed by atoms with Gasteiger partial charge in [0.2, 0.25) is 0 Å². The maximum atomic E-state index is 12.8. The molecule has 0 unspecified atom stereocenters. The number of hydrogen-bond acceptors (Lipinski definition) is 2. The first kappa shape index (κ1) is 16.3. The molecular formula is C21H28O2. The minimum atomic E-state index is 0.00955. The predicted molar refractivity (Wildman–Crippen MR) is 94.4 cm³/mol. The van der Waals surface area contributed by atoms with Crippen LogP contribution in [0.5, 0.6) is 5.75 Å². The second-order valence-corrected chi connectivity index (χ2v) is 7.91. The van der Waals surface area contributed by atoms with Gasteiger partial charge in [0.25, 0.3) is 0 Å². The van der Waals surface area contributed by atoms with Gasteiger partial charge in [0.05, 0.1) is 7.11 Å². The molecule has 3 rings (SSSR count). The number of carbonyl (C=O) groups is 1. The van der Waals surface area contributed by atoms with E-state index < -0.39 is 0 Å². The normalized spacial score (nSPS) is 30.2. The molecule has 0 bridgehead atoms. The zero-order chi connectivity index (χ0) is 16.9. The molecule has 1 aromatic carbocycles. The molecule has 0 aliphatic heterocycles. The Morgan fingerprint density at radius 2 is 2.04 bits per heavy atom. The summed E-state index contributed by atoms with van der Waals surface area (Å²) >= 11 is 0. The second kappa shape index (κ2) is 5.51. The van der Waals surface area contributed by atoms with Gasteiger partial charge in [-0.2, -0.15) is 0 Å². The largest absolute Gasteiger partial charge is 0.496 e. The number of hydrogen-bond donors (Lipinski definition) is 0. The fourth-order valence-electron chi connectivity index (χ4n) is 4.53. The summed E-state index contributed by atoms with van der Waals surface area (Å²) in [7, 11) is 1.72. The zero-order valence-corrected chi connectivity index (χ0v) is 15.0. The number of ether oxygens (including phenoxy) is 1. The fourth-order valence-corrected chi connectivity index (χ4v) is 4.53. The van der Waals surface area contributed by atoms with E-state index in [0.29, 0.717) is 18.3 Å². The average molecular weight is 312 g/mol. The number of ketones is 1. The lowest BCUT2D eigenvalue weighted by molar-refractivity contribution is 0.0892. The van der Waals surface area contributed by atoms with E-state index in [2.05, 4.69) is 46.4 Å². The van der Waals surface area contributed by atoms with Gasteiger partial charge in [0.15, 0.2) is 5.78 Å². The molecule has 2 aliphatic carbocycles. The summed E-state index contributed by atoms with van der Waals surface area (Å²) in [6.45, 7) is 13.2. The molecule has 3 atom stereocenters. The van der Waals surface area contributed by atoms with Crippen LogP contribution in [0.4, 0.5) is 0 Å². The highest BCUT2D eigenvalue weighted by Crippen LogP contribution is 2.54. The van der Waals surface area contributed by atoms with Crippen molar-refractivity contribution >= 4 is 5.78 Å². The van der Waals surface area contributed by atoms with Crippen molar-refractivity contribution in [2.24, 2.45) is 11.8 Å². The van der Waals surface area contributed by atoms with E-state index in [-0.39, 0.29) is 17.1 Å². The van der Waals surface area contributed by atoms with Crippen LogP contribution in [0.1, 0.15) is 74.4 Å². The van der Waals surface area contributed by atoms with Crippen molar-refractivity contribution in [2.75, 3.05) is 7.11 Å². The summed E-state index contributed by atoms with van der Waals surface area (Å²) in [4.78, 5) is 12.8. The van der Waals surface area contributed by atoms with Crippen molar-refractivity contribution in [3.63, 3.8) is 0 Å². The van der Waals surface area contributed by atoms with Gasteiger partial charge in [0.1, 0.15) is 5.75 Å². The third kappa shape index (κ3) is 2.34. The predicted octanol–water partition coefficient (Wildman–Crippen LogP) is 5.27. The highest BCUT2D eigenvalue weighted by Gasteiger charge is 2.48. The summed E-state index contributed by atoms with van der Waals surface area (Å²) in [6.07, 6.45) is 2.87. The van der Waals surface area contributed by atoms with E-state index in [1.54, 1.807) is 7.11 Å². The van der Waals surface area contributed by atoms with Crippen LogP contribution in [0, 0.1) is 11.8 Å². The average Bonchev–Trinajstić information content (AvgIpc) is 2.53. The lowest BCUT2D eigenvalue weighted by Gasteiger charge is -2.49. The highest BCUT2D eigenvalue weighted by molar-refractivity contribution is 6.00. The topological polar surface area (TPSA) is 26.3 Å². The van der Waals surface area contributed by atoms with E-state index in [9.17, 15) is 4.79 Å². The first-order chi connectivity index (χ1) is 10.8. The number of rotatable bonds is 2. The van der Waals surface area contributed by atoms with Crippen LogP contribution >= 0.6 is 0 Å². The van der Waals surface area contributed by atoms with Crippen LogP contribution in [0.3, 0.4) is 0 Å². The van der Waals surface area contributed by atoms with Crippen molar-refractivity contribution in [1.29, 1.82) is 0 Å². The van der Waals surface area contributed by atoms with Crippen molar-refractivity contribution < 1.29 is 9.53 Å². The van der Waals surface area contributed by atoms with Crippen LogP contribution in [-0.2, 0) is 5.41 Å². The van der Waals surface area contributed by atoms with Gasteiger partial charge in [-0.15, -0.1) is 0 Å². The summed E-state index contributed by atoms with van der Waals surface area (Å²) in [5.41, 5.74) is 4.48. The summed E-state index contributed by atoms with van der Waals surface area (Å²) in [5, 5.41) is 0. The summed E-state index contributed by atoms with van der Waals surface area (Å²) in [5.74, 6) is 2.30. The van der Waals surface area contributed by atoms with Gasteiger partial charge >= 0.3 is 0 Å². The van der Waals surface area contributed by atoms with Crippen molar-refractivity contribution in [1.82, 2.24) is 0 Å². The van der Waals surface area contributed by atoms with Gasteiger partial charge in [-0.05, 0) is 53.9 Å². The second-order valence-electron chi connectivity index (χ2n) is 7.91. The van der Waals surface area contributed by atoms with Gasteiger partial charge in [-0.3, -0.25) is 4.79 Å². The molecule has 0 N–H and O–H groups in total. The van der Waals surface area contributed by atoms with E-state index in [1.807, 2.05) is 0 Å². The molecular weight excluding hydrogens is 284 g/mol. The number of Topliss-reactive ketones (excluding diaryl/α,β-unsaturated/α-hetero) is 1. The Bertz CT molecular complexity index is 671. The van der Waals surface area contributed by atoms with Gasteiger partial charge in [0, 0.05) is 17.4 Å². The summed E-state index contributed by atoms with van der Waals surface area (Å²) < 4.78 is 5.65. The SMILES string of the molecule is C=C1[C@H]2CC(=O)c3cc(C(C)C)c(OC)cc3[C@@]2(C)CC[C@@H]1C. The maximum absolute atomic E-state index is 12.8. The number of methoxy groups -OCH3 is 1. The third-order valence-electron chi connectivity index (χ3n) is 6.24.